The average molecular weight is 554 g/mol. The van der Waals surface area contributed by atoms with Crippen LogP contribution in [0.2, 0.25) is 0 Å². The lowest BCUT2D eigenvalue weighted by molar-refractivity contribution is -0.118. The zero-order chi connectivity index (χ0) is 23.1. The summed E-state index contributed by atoms with van der Waals surface area (Å²) >= 11 is 1.97. The van der Waals surface area contributed by atoms with Crippen LogP contribution >= 0.6 is 22.6 Å². The summed E-state index contributed by atoms with van der Waals surface area (Å²) < 4.78 is 25.3. The van der Waals surface area contributed by atoms with Crippen molar-refractivity contribution >= 4 is 45.9 Å². The lowest BCUT2D eigenvalue weighted by atomic mass is 9.95. The summed E-state index contributed by atoms with van der Waals surface area (Å²) in [6.07, 6.45) is 4.99. The number of halogens is 2. The molecule has 0 atom stereocenters. The van der Waals surface area contributed by atoms with E-state index < -0.39 is 30.0 Å². The molecule has 0 spiro atoms. The van der Waals surface area contributed by atoms with Crippen LogP contribution in [-0.4, -0.2) is 37.4 Å². The van der Waals surface area contributed by atoms with Gasteiger partial charge >= 0.3 is 0 Å². The number of amides is 2. The monoisotopic (exact) mass is 554 g/mol. The molecule has 2 N–H and O–H groups in total. The number of ketones is 1. The van der Waals surface area contributed by atoms with Gasteiger partial charge in [-0.15, -0.1) is 0 Å². The fourth-order valence-corrected chi connectivity index (χ4v) is 3.93. The van der Waals surface area contributed by atoms with E-state index >= 15 is 0 Å². The Morgan fingerprint density at radius 3 is 2.50 bits per heavy atom. The van der Waals surface area contributed by atoms with E-state index in [0.29, 0.717) is 3.57 Å². The van der Waals surface area contributed by atoms with Crippen molar-refractivity contribution < 1.29 is 28.2 Å². The third kappa shape index (κ3) is 6.41. The van der Waals surface area contributed by atoms with Crippen molar-refractivity contribution in [1.82, 2.24) is 5.32 Å². The molecular weight excluding hydrogens is 530 g/mol. The highest BCUT2D eigenvalue weighted by molar-refractivity contribution is 14.1. The second kappa shape index (κ2) is 11.3. The first kappa shape index (κ1) is 24.0. The van der Waals surface area contributed by atoms with Gasteiger partial charge in [-0.1, -0.05) is 19.3 Å². The minimum Gasteiger partial charge on any atom is -0.493 e. The number of hydrogen-bond acceptors (Lipinski definition) is 5. The van der Waals surface area contributed by atoms with Crippen LogP contribution in [0.3, 0.4) is 0 Å². The molecule has 1 aliphatic rings. The van der Waals surface area contributed by atoms with Crippen molar-refractivity contribution in [2.24, 2.45) is 0 Å². The predicted octanol–water partition coefficient (Wildman–Crippen LogP) is 4.09. The molecule has 0 saturated heterocycles. The summed E-state index contributed by atoms with van der Waals surface area (Å²) in [5.74, 6) is -1.99. The average Bonchev–Trinajstić information content (AvgIpc) is 2.79. The Kier molecular flexibility index (Phi) is 8.43. The standard InChI is InChI=1S/C23H24FIN2O5/c1-31-20-11-14(22(29)23(30)26-16-5-3-2-4-6-16)7-10-19(20)32-13-21(28)27-18-9-8-15(25)12-17(18)24/h7-12,16H,2-6,13H2,1H3,(H,26,30)(H,27,28). The lowest BCUT2D eigenvalue weighted by Crippen LogP contribution is -2.40. The minimum atomic E-state index is -0.660. The first-order valence-electron chi connectivity index (χ1n) is 10.3. The molecular formula is C23H24FIN2O5. The summed E-state index contributed by atoms with van der Waals surface area (Å²) in [4.78, 5) is 37.0. The van der Waals surface area contributed by atoms with E-state index in [1.54, 1.807) is 6.07 Å². The molecule has 0 bridgehead atoms. The third-order valence-corrected chi connectivity index (χ3v) is 5.81. The van der Waals surface area contributed by atoms with Crippen molar-refractivity contribution in [2.75, 3.05) is 19.0 Å². The van der Waals surface area contributed by atoms with Gasteiger partial charge in [0.1, 0.15) is 5.82 Å². The number of rotatable bonds is 8. The molecule has 0 heterocycles. The molecule has 0 aromatic heterocycles. The highest BCUT2D eigenvalue weighted by Gasteiger charge is 2.23. The zero-order valence-corrected chi connectivity index (χ0v) is 19.7. The second-order valence-electron chi connectivity index (χ2n) is 7.46. The fourth-order valence-electron chi connectivity index (χ4n) is 3.48. The van der Waals surface area contributed by atoms with Gasteiger partial charge in [0.2, 0.25) is 5.78 Å². The van der Waals surface area contributed by atoms with Gasteiger partial charge in [0.25, 0.3) is 11.8 Å². The van der Waals surface area contributed by atoms with Gasteiger partial charge in [-0.05, 0) is 71.8 Å². The summed E-state index contributed by atoms with van der Waals surface area (Å²) in [6.45, 7) is -0.392. The van der Waals surface area contributed by atoms with Crippen molar-refractivity contribution in [3.63, 3.8) is 0 Å². The Labute approximate surface area is 199 Å². The molecule has 2 amide bonds. The molecule has 170 valence electrons. The van der Waals surface area contributed by atoms with Gasteiger partial charge in [0.05, 0.1) is 12.8 Å². The Morgan fingerprint density at radius 1 is 1.06 bits per heavy atom. The number of nitrogens with one attached hydrogen (secondary N) is 2. The van der Waals surface area contributed by atoms with Gasteiger partial charge in [-0.3, -0.25) is 14.4 Å². The SMILES string of the molecule is COc1cc(C(=O)C(=O)NC2CCCCC2)ccc1OCC(=O)Nc1ccc(I)cc1F. The summed E-state index contributed by atoms with van der Waals surface area (Å²) in [5, 5.41) is 5.23. The van der Waals surface area contributed by atoms with Crippen LogP contribution in [-0.2, 0) is 9.59 Å². The number of methoxy groups -OCH3 is 1. The number of hydrogen-bond donors (Lipinski definition) is 2. The van der Waals surface area contributed by atoms with Crippen molar-refractivity contribution in [3.8, 4) is 11.5 Å². The second-order valence-corrected chi connectivity index (χ2v) is 8.71. The molecule has 9 heteroatoms. The van der Waals surface area contributed by atoms with E-state index in [1.807, 2.05) is 22.6 Å². The molecule has 1 saturated carbocycles. The van der Waals surface area contributed by atoms with Crippen LogP contribution in [0.4, 0.5) is 10.1 Å². The van der Waals surface area contributed by atoms with E-state index in [-0.39, 0.29) is 28.8 Å². The van der Waals surface area contributed by atoms with Crippen LogP contribution in [0, 0.1) is 9.39 Å². The number of carbonyl (C=O) groups is 3. The van der Waals surface area contributed by atoms with Crippen molar-refractivity contribution in [3.05, 3.63) is 51.3 Å². The maximum atomic E-state index is 13.9. The number of benzene rings is 2. The van der Waals surface area contributed by atoms with Crippen molar-refractivity contribution in [1.29, 1.82) is 0 Å². The Balaban J connectivity index is 1.60. The number of anilines is 1. The fraction of sp³-hybridized carbons (Fsp3) is 0.348. The summed E-state index contributed by atoms with van der Waals surface area (Å²) in [6, 6.07) is 8.77. The van der Waals surface area contributed by atoms with Crippen LogP contribution in [0.25, 0.3) is 0 Å². The number of carbonyl (C=O) groups excluding carboxylic acids is 3. The molecule has 2 aromatic carbocycles. The molecule has 3 rings (SSSR count). The van der Waals surface area contributed by atoms with Gasteiger partial charge in [0.15, 0.2) is 18.1 Å². The molecule has 1 aliphatic carbocycles. The maximum absolute atomic E-state index is 13.9. The topological polar surface area (TPSA) is 93.7 Å². The van der Waals surface area contributed by atoms with Gasteiger partial charge in [-0.2, -0.15) is 0 Å². The van der Waals surface area contributed by atoms with E-state index in [9.17, 15) is 18.8 Å². The third-order valence-electron chi connectivity index (χ3n) is 5.14. The van der Waals surface area contributed by atoms with Gasteiger partial charge in [-0.25, -0.2) is 4.39 Å². The molecule has 2 aromatic rings. The normalized spacial score (nSPS) is 13.8. The quantitative estimate of drug-likeness (QED) is 0.292. The lowest BCUT2D eigenvalue weighted by Gasteiger charge is -2.22. The Bertz CT molecular complexity index is 1010. The molecule has 0 radical (unpaired) electrons. The van der Waals surface area contributed by atoms with Crippen LogP contribution in [0.1, 0.15) is 42.5 Å². The predicted molar refractivity (Wildman–Crippen MR) is 126 cm³/mol. The molecule has 7 nitrogen and oxygen atoms in total. The number of Topliss-reactive ketones (excluding diaryl/α,β-unsaturated/α-hetero) is 1. The Morgan fingerprint density at radius 2 is 1.81 bits per heavy atom. The van der Waals surface area contributed by atoms with E-state index in [2.05, 4.69) is 10.6 Å². The summed E-state index contributed by atoms with van der Waals surface area (Å²) in [7, 11) is 1.39. The van der Waals surface area contributed by atoms with Crippen molar-refractivity contribution in [2.45, 2.75) is 38.1 Å². The first-order chi connectivity index (χ1) is 15.4. The zero-order valence-electron chi connectivity index (χ0n) is 17.6. The molecule has 0 unspecified atom stereocenters. The molecule has 1 fully saturated rings. The van der Waals surface area contributed by atoms with Gasteiger partial charge in [0, 0.05) is 15.2 Å². The first-order valence-corrected chi connectivity index (χ1v) is 11.4. The number of ether oxygens (including phenoxy) is 2. The largest absolute Gasteiger partial charge is 0.493 e. The highest BCUT2D eigenvalue weighted by Crippen LogP contribution is 2.28. The smallest absolute Gasteiger partial charge is 0.292 e. The Hall–Kier alpha value is -2.69. The van der Waals surface area contributed by atoms with Gasteiger partial charge < -0.3 is 20.1 Å². The molecule has 0 aliphatic heterocycles. The maximum Gasteiger partial charge on any atom is 0.292 e. The van der Waals surface area contributed by atoms with E-state index in [1.165, 1.54) is 37.4 Å². The van der Waals surface area contributed by atoms with Crippen LogP contribution < -0.4 is 20.1 Å². The molecule has 32 heavy (non-hydrogen) atoms. The highest BCUT2D eigenvalue weighted by atomic mass is 127. The van der Waals surface area contributed by atoms with E-state index in [0.717, 1.165) is 32.1 Å². The van der Waals surface area contributed by atoms with E-state index in [4.69, 9.17) is 9.47 Å². The van der Waals surface area contributed by atoms with Crippen LogP contribution in [0.5, 0.6) is 11.5 Å². The minimum absolute atomic E-state index is 0.0288. The van der Waals surface area contributed by atoms with Crippen LogP contribution in [0.15, 0.2) is 36.4 Å². The summed E-state index contributed by atoms with van der Waals surface area (Å²) in [5.41, 5.74) is 0.212.